The van der Waals surface area contributed by atoms with Gasteiger partial charge in [-0.15, -0.1) is 0 Å². The number of hydrogen-bond acceptors (Lipinski definition) is 5. The summed E-state index contributed by atoms with van der Waals surface area (Å²) in [6, 6.07) is 3.72. The summed E-state index contributed by atoms with van der Waals surface area (Å²) in [7, 11) is 0. The van der Waals surface area contributed by atoms with E-state index in [9.17, 15) is 19.7 Å². The van der Waals surface area contributed by atoms with Crippen LogP contribution in [0.3, 0.4) is 0 Å². The number of Topliss-reactive ketones (excluding diaryl/α,β-unsaturated/α-hetero) is 1. The molecule has 4 aliphatic rings. The van der Waals surface area contributed by atoms with Crippen LogP contribution >= 0.6 is 11.6 Å². The van der Waals surface area contributed by atoms with Crippen LogP contribution in [-0.2, 0) is 9.53 Å². The van der Waals surface area contributed by atoms with Crippen LogP contribution in [0.4, 0.5) is 5.69 Å². The molecule has 0 heterocycles. The molecule has 5 rings (SSSR count). The van der Waals surface area contributed by atoms with Crippen LogP contribution in [0.5, 0.6) is 0 Å². The largest absolute Gasteiger partial charge is 0.454 e. The molecule has 4 saturated carbocycles. The van der Waals surface area contributed by atoms with Crippen LogP contribution in [0.15, 0.2) is 18.2 Å². The van der Waals surface area contributed by atoms with Gasteiger partial charge in [0.15, 0.2) is 12.4 Å². The standard InChI is InChI=1S/C19H20ClNO5/c20-14-1-2-16(21(24)25)15(6-14)18(23)26-10-17(22)19-7-11-3-12(8-19)5-13(4-11)9-19/h1-2,6,11-13H,3-5,7-10H2. The van der Waals surface area contributed by atoms with Gasteiger partial charge in [0.25, 0.3) is 5.69 Å². The molecule has 6 nitrogen and oxygen atoms in total. The molecule has 0 saturated heterocycles. The molecule has 7 heteroatoms. The summed E-state index contributed by atoms with van der Waals surface area (Å²) < 4.78 is 5.17. The van der Waals surface area contributed by atoms with Gasteiger partial charge in [-0.3, -0.25) is 14.9 Å². The fourth-order valence-electron chi connectivity index (χ4n) is 5.65. The molecule has 0 aromatic heterocycles. The highest BCUT2D eigenvalue weighted by Gasteiger charge is 2.54. The number of halogens is 1. The number of ketones is 1. The summed E-state index contributed by atoms with van der Waals surface area (Å²) >= 11 is 5.84. The van der Waals surface area contributed by atoms with Gasteiger partial charge in [0, 0.05) is 16.5 Å². The Balaban J connectivity index is 1.46. The van der Waals surface area contributed by atoms with Crippen molar-refractivity contribution in [2.45, 2.75) is 38.5 Å². The molecule has 0 spiro atoms. The highest BCUT2D eigenvalue weighted by atomic mass is 35.5. The lowest BCUT2D eigenvalue weighted by atomic mass is 9.48. The molecular weight excluding hydrogens is 358 g/mol. The Morgan fingerprint density at radius 3 is 2.27 bits per heavy atom. The van der Waals surface area contributed by atoms with Gasteiger partial charge in [0.05, 0.1) is 4.92 Å². The quantitative estimate of drug-likeness (QED) is 0.436. The van der Waals surface area contributed by atoms with Crippen molar-refractivity contribution in [3.63, 3.8) is 0 Å². The third-order valence-electron chi connectivity index (χ3n) is 6.34. The number of ether oxygens (including phenoxy) is 1. The Morgan fingerprint density at radius 2 is 1.73 bits per heavy atom. The second kappa shape index (κ2) is 6.34. The van der Waals surface area contributed by atoms with Crippen molar-refractivity contribution in [2.75, 3.05) is 6.61 Å². The minimum Gasteiger partial charge on any atom is -0.454 e. The Bertz CT molecular complexity index is 755. The van der Waals surface area contributed by atoms with E-state index in [1.54, 1.807) is 0 Å². The van der Waals surface area contributed by atoms with E-state index >= 15 is 0 Å². The zero-order chi connectivity index (χ0) is 18.5. The van der Waals surface area contributed by atoms with E-state index in [0.29, 0.717) is 17.8 Å². The fourth-order valence-corrected chi connectivity index (χ4v) is 5.82. The van der Waals surface area contributed by atoms with Crippen LogP contribution in [0.25, 0.3) is 0 Å². The van der Waals surface area contributed by atoms with Gasteiger partial charge in [-0.2, -0.15) is 0 Å². The smallest absolute Gasteiger partial charge is 0.345 e. The molecule has 26 heavy (non-hydrogen) atoms. The molecule has 1 aromatic carbocycles. The first-order chi connectivity index (χ1) is 12.4. The van der Waals surface area contributed by atoms with Gasteiger partial charge >= 0.3 is 5.97 Å². The van der Waals surface area contributed by atoms with E-state index in [0.717, 1.165) is 19.3 Å². The fraction of sp³-hybridized carbons (Fsp3) is 0.579. The molecule has 4 fully saturated rings. The van der Waals surface area contributed by atoms with Crippen LogP contribution in [0, 0.1) is 33.3 Å². The van der Waals surface area contributed by atoms with Crippen LogP contribution in [-0.4, -0.2) is 23.3 Å². The number of esters is 1. The average molecular weight is 378 g/mol. The third kappa shape index (κ3) is 3.00. The predicted molar refractivity (Wildman–Crippen MR) is 94.0 cm³/mol. The van der Waals surface area contributed by atoms with E-state index in [4.69, 9.17) is 16.3 Å². The number of hydrogen-bond donors (Lipinski definition) is 0. The molecule has 0 aliphatic heterocycles. The number of carbonyl (C=O) groups is 2. The van der Waals surface area contributed by atoms with Crippen LogP contribution in [0.2, 0.25) is 5.02 Å². The Labute approximate surface area is 156 Å². The van der Waals surface area contributed by atoms with Crippen molar-refractivity contribution >= 4 is 29.0 Å². The second-order valence-corrected chi connectivity index (χ2v) is 8.55. The van der Waals surface area contributed by atoms with Crippen LogP contribution < -0.4 is 0 Å². The van der Waals surface area contributed by atoms with Crippen molar-refractivity contribution in [3.8, 4) is 0 Å². The zero-order valence-electron chi connectivity index (χ0n) is 14.3. The molecular formula is C19H20ClNO5. The third-order valence-corrected chi connectivity index (χ3v) is 6.57. The van der Waals surface area contributed by atoms with Gasteiger partial charge in [-0.25, -0.2) is 4.79 Å². The lowest BCUT2D eigenvalue weighted by Crippen LogP contribution is -2.51. The molecule has 0 radical (unpaired) electrons. The molecule has 0 unspecified atom stereocenters. The molecule has 0 amide bonds. The van der Waals surface area contributed by atoms with E-state index < -0.39 is 10.9 Å². The van der Waals surface area contributed by atoms with Crippen molar-refractivity contribution in [2.24, 2.45) is 23.2 Å². The summed E-state index contributed by atoms with van der Waals surface area (Å²) in [6.45, 7) is -0.325. The van der Waals surface area contributed by atoms with Gasteiger partial charge in [-0.1, -0.05) is 11.6 Å². The molecule has 1 aromatic rings. The number of nitro groups is 1. The molecule has 0 N–H and O–H groups in total. The summed E-state index contributed by atoms with van der Waals surface area (Å²) in [6.07, 6.45) is 6.36. The normalized spacial score (nSPS) is 31.7. The molecule has 4 bridgehead atoms. The van der Waals surface area contributed by atoms with E-state index in [2.05, 4.69) is 0 Å². The van der Waals surface area contributed by atoms with Crippen molar-refractivity contribution in [1.82, 2.24) is 0 Å². The number of carbonyl (C=O) groups excluding carboxylic acids is 2. The van der Waals surface area contributed by atoms with E-state index in [-0.39, 0.29) is 34.1 Å². The summed E-state index contributed by atoms with van der Waals surface area (Å²) in [5.74, 6) is 0.951. The minimum atomic E-state index is -0.878. The number of benzene rings is 1. The first-order valence-electron chi connectivity index (χ1n) is 9.01. The molecule has 0 atom stereocenters. The predicted octanol–water partition coefficient (Wildman–Crippen LogP) is 4.19. The topological polar surface area (TPSA) is 86.5 Å². The molecule has 138 valence electrons. The van der Waals surface area contributed by atoms with Gasteiger partial charge in [0.2, 0.25) is 0 Å². The Kier molecular flexibility index (Phi) is 4.26. The van der Waals surface area contributed by atoms with Crippen LogP contribution in [0.1, 0.15) is 48.9 Å². The lowest BCUT2D eigenvalue weighted by Gasteiger charge is -2.55. The maximum Gasteiger partial charge on any atom is 0.345 e. The summed E-state index contributed by atoms with van der Waals surface area (Å²) in [5.41, 5.74) is -0.947. The highest BCUT2D eigenvalue weighted by Crippen LogP contribution is 2.60. The Morgan fingerprint density at radius 1 is 1.15 bits per heavy atom. The first kappa shape index (κ1) is 17.5. The summed E-state index contributed by atoms with van der Waals surface area (Å²) in [4.78, 5) is 35.6. The number of nitrogens with zero attached hydrogens (tertiary/aromatic N) is 1. The van der Waals surface area contributed by atoms with Crippen molar-refractivity contribution in [1.29, 1.82) is 0 Å². The highest BCUT2D eigenvalue weighted by molar-refractivity contribution is 6.31. The average Bonchev–Trinajstić information content (AvgIpc) is 2.57. The first-order valence-corrected chi connectivity index (χ1v) is 9.38. The van der Waals surface area contributed by atoms with E-state index in [1.807, 2.05) is 0 Å². The number of rotatable bonds is 5. The number of nitro benzene ring substituents is 1. The second-order valence-electron chi connectivity index (χ2n) is 8.12. The summed E-state index contributed by atoms with van der Waals surface area (Å²) in [5, 5.41) is 11.3. The van der Waals surface area contributed by atoms with Gasteiger partial charge in [-0.05, 0) is 68.4 Å². The van der Waals surface area contributed by atoms with Gasteiger partial charge < -0.3 is 4.74 Å². The maximum atomic E-state index is 12.9. The minimum absolute atomic E-state index is 0.0327. The van der Waals surface area contributed by atoms with E-state index in [1.165, 1.54) is 37.5 Å². The monoisotopic (exact) mass is 377 g/mol. The maximum absolute atomic E-state index is 12.9. The molecule has 4 aliphatic carbocycles. The zero-order valence-corrected chi connectivity index (χ0v) is 15.0. The lowest BCUT2D eigenvalue weighted by molar-refractivity contribution is -0.385. The van der Waals surface area contributed by atoms with Crippen molar-refractivity contribution in [3.05, 3.63) is 38.9 Å². The van der Waals surface area contributed by atoms with Crippen molar-refractivity contribution < 1.29 is 19.2 Å². The van der Waals surface area contributed by atoms with Gasteiger partial charge in [0.1, 0.15) is 5.56 Å². The SMILES string of the molecule is O=C(OCC(=O)C12CC3CC(CC(C3)C1)C2)c1cc(Cl)ccc1[N+](=O)[O-]. The Hall–Kier alpha value is -1.95.